The molecule has 0 saturated carbocycles. The summed E-state index contributed by atoms with van der Waals surface area (Å²) in [5, 5.41) is 5.69. The first-order chi connectivity index (χ1) is 7.86. The van der Waals surface area contributed by atoms with Crippen molar-refractivity contribution >= 4 is 23.1 Å². The molecule has 78 valence electrons. The molecule has 1 aromatic rings. The maximum atomic E-state index is 8.06. The molecule has 0 amide bonds. The smallest absolute Gasteiger partial charge is 0.0751 e. The van der Waals surface area contributed by atoms with Crippen LogP contribution in [0.4, 0.5) is 5.69 Å². The van der Waals surface area contributed by atoms with E-state index in [1.54, 1.807) is 0 Å². The average Bonchev–Trinajstić information content (AvgIpc) is 2.30. The Balaban J connectivity index is 2.69. The highest BCUT2D eigenvalue weighted by atomic mass is 32.1. The molecule has 0 bridgehead atoms. The zero-order chi connectivity index (χ0) is 11.6. The highest BCUT2D eigenvalue weighted by molar-refractivity contribution is 7.78. The van der Waals surface area contributed by atoms with Gasteiger partial charge in [-0.25, -0.2) is 0 Å². The summed E-state index contributed by atoms with van der Waals surface area (Å²) in [5.74, 6) is 5.85. The van der Waals surface area contributed by atoms with Crippen molar-refractivity contribution in [3.05, 3.63) is 40.3 Å². The standard InChI is InChI=1S/C11H8N4S/c12-15-14-7-2-1-4-10-5-3-6-11(8-10)13-9-16/h3,5-6,8H,2,7H2. The molecule has 0 unspecified atom stereocenters. The summed E-state index contributed by atoms with van der Waals surface area (Å²) in [6.45, 7) is 0.390. The highest BCUT2D eigenvalue weighted by Crippen LogP contribution is 2.12. The van der Waals surface area contributed by atoms with Crippen molar-refractivity contribution in [2.45, 2.75) is 6.42 Å². The van der Waals surface area contributed by atoms with Gasteiger partial charge in [0.2, 0.25) is 0 Å². The van der Waals surface area contributed by atoms with Crippen molar-refractivity contribution < 1.29 is 0 Å². The largest absolute Gasteiger partial charge is 0.195 e. The van der Waals surface area contributed by atoms with Gasteiger partial charge in [-0.2, -0.15) is 4.99 Å². The van der Waals surface area contributed by atoms with Gasteiger partial charge in [-0.15, -0.1) is 0 Å². The lowest BCUT2D eigenvalue weighted by Crippen LogP contribution is -1.76. The van der Waals surface area contributed by atoms with Crippen LogP contribution in [0.15, 0.2) is 34.4 Å². The maximum absolute atomic E-state index is 8.06. The maximum Gasteiger partial charge on any atom is 0.0751 e. The lowest BCUT2D eigenvalue weighted by Gasteiger charge is -1.91. The van der Waals surface area contributed by atoms with E-state index in [0.29, 0.717) is 13.0 Å². The second-order valence-electron chi connectivity index (χ2n) is 2.76. The monoisotopic (exact) mass is 228 g/mol. The van der Waals surface area contributed by atoms with Gasteiger partial charge in [0, 0.05) is 23.4 Å². The number of thiocarbonyl (C=S) groups is 1. The van der Waals surface area contributed by atoms with Crippen LogP contribution in [-0.2, 0) is 0 Å². The quantitative estimate of drug-likeness (QED) is 0.149. The number of rotatable bonds is 3. The SMILES string of the molecule is [N-]=[N+]=NCCC#Cc1cccc(N=C=S)c1. The van der Waals surface area contributed by atoms with Crippen LogP contribution in [0, 0.1) is 11.8 Å². The minimum absolute atomic E-state index is 0.390. The van der Waals surface area contributed by atoms with Crippen molar-refractivity contribution in [2.75, 3.05) is 6.54 Å². The fourth-order valence-corrected chi connectivity index (χ4v) is 1.13. The van der Waals surface area contributed by atoms with Crippen LogP contribution in [-0.4, -0.2) is 11.7 Å². The first kappa shape index (κ1) is 12.0. The number of hydrogen-bond acceptors (Lipinski definition) is 3. The van der Waals surface area contributed by atoms with E-state index < -0.39 is 0 Å². The van der Waals surface area contributed by atoms with Crippen molar-refractivity contribution in [1.29, 1.82) is 0 Å². The van der Waals surface area contributed by atoms with Crippen LogP contribution in [0.25, 0.3) is 10.4 Å². The van der Waals surface area contributed by atoms with E-state index in [1.807, 2.05) is 24.3 Å². The van der Waals surface area contributed by atoms with Crippen molar-refractivity contribution in [2.24, 2.45) is 10.1 Å². The molecule has 0 atom stereocenters. The van der Waals surface area contributed by atoms with Crippen LogP contribution < -0.4 is 0 Å². The number of hydrogen-bond donors (Lipinski definition) is 0. The molecule has 0 spiro atoms. The Morgan fingerprint density at radius 2 is 2.31 bits per heavy atom. The first-order valence-corrected chi connectivity index (χ1v) is 4.95. The van der Waals surface area contributed by atoms with Gasteiger partial charge in [-0.3, -0.25) is 0 Å². The number of aliphatic imine (C=N–C) groups is 1. The Bertz CT molecular complexity index is 514. The predicted octanol–water partition coefficient (Wildman–Crippen LogP) is 3.47. The summed E-state index contributed by atoms with van der Waals surface area (Å²) in [5.41, 5.74) is 9.65. The van der Waals surface area contributed by atoms with Crippen LogP contribution in [0.3, 0.4) is 0 Å². The Hall–Kier alpha value is -2.11. The van der Waals surface area contributed by atoms with Crippen LogP contribution >= 0.6 is 12.2 Å². The molecule has 0 aliphatic rings. The third-order valence-electron chi connectivity index (χ3n) is 1.65. The lowest BCUT2D eigenvalue weighted by molar-refractivity contribution is 1.01. The molecular formula is C11H8N4S. The van der Waals surface area contributed by atoms with Gasteiger partial charge in [0.15, 0.2) is 0 Å². The second-order valence-corrected chi connectivity index (χ2v) is 2.94. The molecule has 4 nitrogen and oxygen atoms in total. The normalized spacial score (nSPS) is 8.00. The van der Waals surface area contributed by atoms with Crippen molar-refractivity contribution in [1.82, 2.24) is 0 Å². The molecule has 1 aromatic carbocycles. The van der Waals surface area contributed by atoms with E-state index in [9.17, 15) is 0 Å². The van der Waals surface area contributed by atoms with Gasteiger partial charge in [0.05, 0.1) is 10.8 Å². The highest BCUT2D eigenvalue weighted by Gasteiger charge is 1.89. The molecule has 0 heterocycles. The molecule has 1 rings (SSSR count). The number of nitrogens with zero attached hydrogens (tertiary/aromatic N) is 4. The molecule has 0 fully saturated rings. The molecule has 0 saturated heterocycles. The fraction of sp³-hybridized carbons (Fsp3) is 0.182. The van der Waals surface area contributed by atoms with E-state index in [0.717, 1.165) is 11.3 Å². The van der Waals surface area contributed by atoms with Crippen molar-refractivity contribution in [3.63, 3.8) is 0 Å². The van der Waals surface area contributed by atoms with Crippen molar-refractivity contribution in [3.8, 4) is 11.8 Å². The summed E-state index contributed by atoms with van der Waals surface area (Å²) in [7, 11) is 0. The molecule has 0 aliphatic carbocycles. The molecule has 0 aliphatic heterocycles. The zero-order valence-electron chi connectivity index (χ0n) is 8.42. The van der Waals surface area contributed by atoms with Gasteiger partial charge >= 0.3 is 0 Å². The minimum Gasteiger partial charge on any atom is -0.195 e. The summed E-state index contributed by atoms with van der Waals surface area (Å²) in [4.78, 5) is 6.50. The van der Waals surface area contributed by atoms with E-state index in [-0.39, 0.29) is 0 Å². The van der Waals surface area contributed by atoms with Crippen LogP contribution in [0.2, 0.25) is 0 Å². The minimum atomic E-state index is 0.390. The molecule has 16 heavy (non-hydrogen) atoms. The molecule has 0 N–H and O–H groups in total. The predicted molar refractivity (Wildman–Crippen MR) is 66.6 cm³/mol. The van der Waals surface area contributed by atoms with E-state index in [1.165, 1.54) is 0 Å². The van der Waals surface area contributed by atoms with Gasteiger partial charge < -0.3 is 0 Å². The van der Waals surface area contributed by atoms with E-state index in [4.69, 9.17) is 5.53 Å². The zero-order valence-corrected chi connectivity index (χ0v) is 9.24. The summed E-state index contributed by atoms with van der Waals surface area (Å²) >= 11 is 4.51. The number of azide groups is 1. The lowest BCUT2D eigenvalue weighted by atomic mass is 10.2. The van der Waals surface area contributed by atoms with Gasteiger partial charge in [0.25, 0.3) is 0 Å². The number of isothiocyanates is 1. The van der Waals surface area contributed by atoms with E-state index in [2.05, 4.69) is 44.2 Å². The Labute approximate surface area is 98.6 Å². The summed E-state index contributed by atoms with van der Waals surface area (Å²) < 4.78 is 0. The van der Waals surface area contributed by atoms with Gasteiger partial charge in [-0.1, -0.05) is 23.0 Å². The Morgan fingerprint density at radius 3 is 3.06 bits per heavy atom. The van der Waals surface area contributed by atoms with Crippen LogP contribution in [0.5, 0.6) is 0 Å². The van der Waals surface area contributed by atoms with Gasteiger partial charge in [-0.05, 0) is 35.9 Å². The van der Waals surface area contributed by atoms with Crippen LogP contribution in [0.1, 0.15) is 12.0 Å². The molecular weight excluding hydrogens is 220 g/mol. The summed E-state index contributed by atoms with van der Waals surface area (Å²) in [6.07, 6.45) is 0.546. The Kier molecular flexibility index (Phi) is 5.40. The first-order valence-electron chi connectivity index (χ1n) is 4.54. The molecule has 0 radical (unpaired) electrons. The Morgan fingerprint density at radius 1 is 1.44 bits per heavy atom. The third-order valence-corrected chi connectivity index (χ3v) is 1.74. The number of benzene rings is 1. The van der Waals surface area contributed by atoms with E-state index >= 15 is 0 Å². The topological polar surface area (TPSA) is 61.1 Å². The van der Waals surface area contributed by atoms with Gasteiger partial charge in [0.1, 0.15) is 0 Å². The molecule has 0 aromatic heterocycles. The summed E-state index contributed by atoms with van der Waals surface area (Å²) in [6, 6.07) is 7.37. The third kappa shape index (κ3) is 4.41. The fourth-order valence-electron chi connectivity index (χ4n) is 1.02. The second kappa shape index (κ2) is 7.22. The average molecular weight is 228 g/mol. The molecule has 5 heteroatoms.